The molecule has 1 heterocycles. The monoisotopic (exact) mass is 273 g/mol. The molecule has 0 aliphatic rings. The Morgan fingerprint density at radius 2 is 1.94 bits per heavy atom. The summed E-state index contributed by atoms with van der Waals surface area (Å²) >= 11 is 7.56. The number of allylic oxidation sites excluding steroid dienone is 1. The minimum absolute atomic E-state index is 0.694. The van der Waals surface area contributed by atoms with Crippen LogP contribution in [0.15, 0.2) is 30.3 Å². The van der Waals surface area contributed by atoms with Crippen molar-refractivity contribution in [3.63, 3.8) is 0 Å². The SMILES string of the molecule is Cc1cc(/C(C#N)=C\c2ccc(Cl)cc2)c(C)s1. The van der Waals surface area contributed by atoms with Crippen LogP contribution in [0.4, 0.5) is 0 Å². The molecule has 0 atom stereocenters. The van der Waals surface area contributed by atoms with Crippen molar-refractivity contribution >= 4 is 34.6 Å². The second-order valence-corrected chi connectivity index (χ2v) is 5.95. The molecule has 0 radical (unpaired) electrons. The van der Waals surface area contributed by atoms with Gasteiger partial charge in [-0.25, -0.2) is 0 Å². The molecule has 0 aliphatic carbocycles. The molecule has 2 rings (SSSR count). The topological polar surface area (TPSA) is 23.8 Å². The van der Waals surface area contributed by atoms with E-state index < -0.39 is 0 Å². The number of thiophene rings is 1. The Hall–Kier alpha value is -1.56. The highest BCUT2D eigenvalue weighted by Gasteiger charge is 2.08. The minimum atomic E-state index is 0.694. The van der Waals surface area contributed by atoms with E-state index in [1.54, 1.807) is 11.3 Å². The number of rotatable bonds is 2. The number of benzene rings is 1. The average molecular weight is 274 g/mol. The van der Waals surface area contributed by atoms with E-state index in [-0.39, 0.29) is 0 Å². The van der Waals surface area contributed by atoms with Gasteiger partial charge in [0.25, 0.3) is 0 Å². The van der Waals surface area contributed by atoms with E-state index >= 15 is 0 Å². The first-order valence-corrected chi connectivity index (χ1v) is 6.74. The third-order valence-corrected chi connectivity index (χ3v) is 3.85. The van der Waals surface area contributed by atoms with Crippen molar-refractivity contribution in [1.29, 1.82) is 5.26 Å². The lowest BCUT2D eigenvalue weighted by Crippen LogP contribution is -1.81. The van der Waals surface area contributed by atoms with Crippen LogP contribution in [0, 0.1) is 25.2 Å². The van der Waals surface area contributed by atoms with Gasteiger partial charge in [-0.3, -0.25) is 0 Å². The minimum Gasteiger partial charge on any atom is -0.192 e. The zero-order valence-electron chi connectivity index (χ0n) is 10.2. The molecule has 90 valence electrons. The molecule has 1 aromatic heterocycles. The van der Waals surface area contributed by atoms with Crippen LogP contribution in [0.1, 0.15) is 20.9 Å². The lowest BCUT2D eigenvalue weighted by Gasteiger charge is -1.99. The standard InChI is InChI=1S/C15H12ClNS/c1-10-7-15(11(2)18-10)13(9-17)8-12-3-5-14(16)6-4-12/h3-8H,1-2H3/b13-8-. The number of hydrogen-bond acceptors (Lipinski definition) is 2. The first-order chi connectivity index (χ1) is 8.60. The first kappa shape index (κ1) is 12.9. The molecule has 1 nitrogen and oxygen atoms in total. The van der Waals surface area contributed by atoms with Crippen molar-refractivity contribution in [2.45, 2.75) is 13.8 Å². The Morgan fingerprint density at radius 1 is 1.28 bits per heavy atom. The highest BCUT2D eigenvalue weighted by molar-refractivity contribution is 7.12. The maximum absolute atomic E-state index is 9.29. The molecule has 0 bridgehead atoms. The number of aryl methyl sites for hydroxylation is 2. The largest absolute Gasteiger partial charge is 0.192 e. The summed E-state index contributed by atoms with van der Waals surface area (Å²) in [6.07, 6.45) is 1.89. The maximum Gasteiger partial charge on any atom is 0.0998 e. The molecule has 0 unspecified atom stereocenters. The lowest BCUT2D eigenvalue weighted by atomic mass is 10.0. The molecular formula is C15H12ClNS. The summed E-state index contributed by atoms with van der Waals surface area (Å²) in [4.78, 5) is 2.40. The smallest absolute Gasteiger partial charge is 0.0998 e. The van der Waals surface area contributed by atoms with Gasteiger partial charge >= 0.3 is 0 Å². The van der Waals surface area contributed by atoms with Crippen molar-refractivity contribution in [3.8, 4) is 6.07 Å². The van der Waals surface area contributed by atoms with Crippen LogP contribution in [0.5, 0.6) is 0 Å². The third kappa shape index (κ3) is 2.81. The summed E-state index contributed by atoms with van der Waals surface area (Å²) in [6, 6.07) is 11.8. The van der Waals surface area contributed by atoms with E-state index in [9.17, 15) is 5.26 Å². The second-order valence-electron chi connectivity index (χ2n) is 4.05. The zero-order chi connectivity index (χ0) is 13.1. The lowest BCUT2D eigenvalue weighted by molar-refractivity contribution is 1.50. The Morgan fingerprint density at radius 3 is 2.44 bits per heavy atom. The van der Waals surface area contributed by atoms with Crippen LogP contribution in [-0.4, -0.2) is 0 Å². The number of nitrogens with zero attached hydrogens (tertiary/aromatic N) is 1. The average Bonchev–Trinajstić information content (AvgIpc) is 2.68. The summed E-state index contributed by atoms with van der Waals surface area (Å²) < 4.78 is 0. The van der Waals surface area contributed by atoms with E-state index in [0.717, 1.165) is 11.1 Å². The van der Waals surface area contributed by atoms with Gasteiger partial charge in [0.05, 0.1) is 11.6 Å². The van der Waals surface area contributed by atoms with Gasteiger partial charge in [0.15, 0.2) is 0 Å². The molecule has 2 aromatic rings. The second kappa shape index (κ2) is 5.39. The number of nitriles is 1. The quantitative estimate of drug-likeness (QED) is 0.700. The molecule has 0 amide bonds. The number of hydrogen-bond donors (Lipinski definition) is 0. The Kier molecular flexibility index (Phi) is 3.86. The fourth-order valence-corrected chi connectivity index (χ4v) is 2.86. The summed E-state index contributed by atoms with van der Waals surface area (Å²) in [5, 5.41) is 9.99. The van der Waals surface area contributed by atoms with Gasteiger partial charge in [-0.2, -0.15) is 5.26 Å². The van der Waals surface area contributed by atoms with E-state index in [1.807, 2.05) is 37.3 Å². The highest BCUT2D eigenvalue weighted by atomic mass is 35.5. The van der Waals surface area contributed by atoms with Gasteiger partial charge in [-0.05, 0) is 43.7 Å². The van der Waals surface area contributed by atoms with Crippen LogP contribution >= 0.6 is 22.9 Å². The Bertz CT molecular complexity index is 630. The van der Waals surface area contributed by atoms with Crippen LogP contribution in [0.2, 0.25) is 5.02 Å². The normalized spacial score (nSPS) is 11.3. The molecule has 0 fully saturated rings. The molecule has 3 heteroatoms. The fourth-order valence-electron chi connectivity index (χ4n) is 1.79. The van der Waals surface area contributed by atoms with Crippen LogP contribution < -0.4 is 0 Å². The molecule has 0 saturated heterocycles. The molecular weight excluding hydrogens is 262 g/mol. The molecule has 0 spiro atoms. The molecule has 18 heavy (non-hydrogen) atoms. The molecule has 0 aliphatic heterocycles. The maximum atomic E-state index is 9.29. The van der Waals surface area contributed by atoms with E-state index in [1.165, 1.54) is 9.75 Å². The number of halogens is 1. The summed E-state index contributed by atoms with van der Waals surface area (Å²) in [7, 11) is 0. The highest BCUT2D eigenvalue weighted by Crippen LogP contribution is 2.28. The third-order valence-electron chi connectivity index (χ3n) is 2.63. The Balaban J connectivity index is 2.43. The van der Waals surface area contributed by atoms with Gasteiger partial charge in [-0.15, -0.1) is 11.3 Å². The van der Waals surface area contributed by atoms with E-state index in [4.69, 9.17) is 11.6 Å². The predicted octanol–water partition coefficient (Wildman–Crippen LogP) is 5.08. The van der Waals surface area contributed by atoms with Gasteiger partial charge in [0, 0.05) is 20.3 Å². The van der Waals surface area contributed by atoms with Crippen molar-refractivity contribution in [3.05, 3.63) is 56.2 Å². The predicted molar refractivity (Wildman–Crippen MR) is 78.7 cm³/mol. The van der Waals surface area contributed by atoms with Crippen molar-refractivity contribution in [2.24, 2.45) is 0 Å². The van der Waals surface area contributed by atoms with Crippen LogP contribution in [0.25, 0.3) is 11.6 Å². The molecule has 0 saturated carbocycles. The van der Waals surface area contributed by atoms with Gasteiger partial charge < -0.3 is 0 Å². The Labute approximate surface area is 116 Å². The van der Waals surface area contributed by atoms with E-state index in [2.05, 4.69) is 19.1 Å². The fraction of sp³-hybridized carbons (Fsp3) is 0.133. The zero-order valence-corrected chi connectivity index (χ0v) is 11.8. The van der Waals surface area contributed by atoms with Gasteiger partial charge in [-0.1, -0.05) is 23.7 Å². The van der Waals surface area contributed by atoms with Crippen LogP contribution in [-0.2, 0) is 0 Å². The van der Waals surface area contributed by atoms with Gasteiger partial charge in [0.2, 0.25) is 0 Å². The van der Waals surface area contributed by atoms with Crippen LogP contribution in [0.3, 0.4) is 0 Å². The summed E-state index contributed by atoms with van der Waals surface area (Å²) in [5.41, 5.74) is 2.70. The summed E-state index contributed by atoms with van der Waals surface area (Å²) in [6.45, 7) is 4.10. The molecule has 0 N–H and O–H groups in total. The molecule has 1 aromatic carbocycles. The summed E-state index contributed by atoms with van der Waals surface area (Å²) in [5.74, 6) is 0. The van der Waals surface area contributed by atoms with Crippen molar-refractivity contribution in [2.75, 3.05) is 0 Å². The van der Waals surface area contributed by atoms with Crippen molar-refractivity contribution < 1.29 is 0 Å². The first-order valence-electron chi connectivity index (χ1n) is 5.55. The van der Waals surface area contributed by atoms with Crippen molar-refractivity contribution in [1.82, 2.24) is 0 Å². The van der Waals surface area contributed by atoms with E-state index in [0.29, 0.717) is 10.6 Å². The van der Waals surface area contributed by atoms with Gasteiger partial charge in [0.1, 0.15) is 0 Å².